The number of anilines is 1. The van der Waals surface area contributed by atoms with Crippen molar-refractivity contribution < 1.29 is 4.74 Å². The number of nitrogens with one attached hydrogen (secondary N) is 1. The Morgan fingerprint density at radius 3 is 3.25 bits per heavy atom. The van der Waals surface area contributed by atoms with Crippen molar-refractivity contribution in [3.8, 4) is 5.88 Å². The van der Waals surface area contributed by atoms with E-state index in [1.165, 1.54) is 0 Å². The molecule has 1 N–H and O–H groups in total. The van der Waals surface area contributed by atoms with Crippen LogP contribution in [-0.4, -0.2) is 42.8 Å². The predicted molar refractivity (Wildman–Crippen MR) is 62.9 cm³/mol. The van der Waals surface area contributed by atoms with Crippen LogP contribution in [0.2, 0.25) is 0 Å². The van der Waals surface area contributed by atoms with Crippen molar-refractivity contribution in [2.75, 3.05) is 37.7 Å². The SMILES string of the molecule is CCOc1ccnc(N2CCCNCC2)n1. The summed E-state index contributed by atoms with van der Waals surface area (Å²) in [6.45, 7) is 6.61. The largest absolute Gasteiger partial charge is 0.478 e. The van der Waals surface area contributed by atoms with Crippen LogP contribution >= 0.6 is 0 Å². The van der Waals surface area contributed by atoms with Gasteiger partial charge >= 0.3 is 0 Å². The molecule has 16 heavy (non-hydrogen) atoms. The summed E-state index contributed by atoms with van der Waals surface area (Å²) in [7, 11) is 0. The van der Waals surface area contributed by atoms with Crippen LogP contribution in [0.4, 0.5) is 5.95 Å². The first kappa shape index (κ1) is 11.1. The molecular weight excluding hydrogens is 204 g/mol. The molecule has 0 spiro atoms. The summed E-state index contributed by atoms with van der Waals surface area (Å²) < 4.78 is 5.38. The number of hydrogen-bond acceptors (Lipinski definition) is 5. The highest BCUT2D eigenvalue weighted by atomic mass is 16.5. The summed E-state index contributed by atoms with van der Waals surface area (Å²) in [6.07, 6.45) is 2.88. The van der Waals surface area contributed by atoms with Crippen LogP contribution in [0.15, 0.2) is 12.3 Å². The second kappa shape index (κ2) is 5.65. The van der Waals surface area contributed by atoms with Gasteiger partial charge in [0.05, 0.1) is 6.61 Å². The van der Waals surface area contributed by atoms with E-state index in [1.807, 2.05) is 6.92 Å². The third kappa shape index (κ3) is 2.82. The van der Waals surface area contributed by atoms with E-state index >= 15 is 0 Å². The van der Waals surface area contributed by atoms with Crippen LogP contribution in [0.25, 0.3) is 0 Å². The van der Waals surface area contributed by atoms with Gasteiger partial charge in [0.2, 0.25) is 11.8 Å². The maximum atomic E-state index is 5.38. The van der Waals surface area contributed by atoms with E-state index in [0.29, 0.717) is 12.5 Å². The molecule has 1 aliphatic rings. The molecule has 0 amide bonds. The Morgan fingerprint density at radius 1 is 1.44 bits per heavy atom. The predicted octanol–water partition coefficient (Wildman–Crippen LogP) is 0.675. The first-order valence-electron chi connectivity index (χ1n) is 5.81. The van der Waals surface area contributed by atoms with Gasteiger partial charge in [-0.15, -0.1) is 0 Å². The van der Waals surface area contributed by atoms with Gasteiger partial charge in [0, 0.05) is 31.9 Å². The van der Waals surface area contributed by atoms with Crippen LogP contribution in [0.3, 0.4) is 0 Å². The standard InChI is InChI=1S/C11H18N4O/c1-2-16-10-4-6-13-11(14-10)15-8-3-5-12-7-9-15/h4,6,12H,2-3,5,7-9H2,1H3. The van der Waals surface area contributed by atoms with Crippen molar-refractivity contribution >= 4 is 5.95 Å². The second-order valence-electron chi connectivity index (χ2n) is 3.72. The topological polar surface area (TPSA) is 50.3 Å². The van der Waals surface area contributed by atoms with Crippen molar-refractivity contribution in [1.29, 1.82) is 0 Å². The Hall–Kier alpha value is -1.36. The van der Waals surface area contributed by atoms with E-state index in [-0.39, 0.29) is 0 Å². The highest BCUT2D eigenvalue weighted by molar-refractivity contribution is 5.32. The molecule has 0 aliphatic carbocycles. The molecule has 1 aromatic rings. The lowest BCUT2D eigenvalue weighted by molar-refractivity contribution is 0.326. The van der Waals surface area contributed by atoms with Gasteiger partial charge in [-0.1, -0.05) is 0 Å². The molecule has 0 atom stereocenters. The molecular formula is C11H18N4O. The Labute approximate surface area is 95.8 Å². The van der Waals surface area contributed by atoms with Crippen molar-refractivity contribution in [3.05, 3.63) is 12.3 Å². The Morgan fingerprint density at radius 2 is 2.38 bits per heavy atom. The molecule has 1 saturated heterocycles. The molecule has 2 heterocycles. The maximum Gasteiger partial charge on any atom is 0.228 e. The average molecular weight is 222 g/mol. The van der Waals surface area contributed by atoms with E-state index in [9.17, 15) is 0 Å². The van der Waals surface area contributed by atoms with Gasteiger partial charge in [0.1, 0.15) is 0 Å². The molecule has 0 bridgehead atoms. The van der Waals surface area contributed by atoms with Gasteiger partial charge in [0.15, 0.2) is 0 Å². The Bertz CT molecular complexity index is 324. The Balaban J connectivity index is 2.08. The number of rotatable bonds is 3. The van der Waals surface area contributed by atoms with Gasteiger partial charge in [-0.3, -0.25) is 0 Å². The zero-order chi connectivity index (χ0) is 11.2. The molecule has 5 heteroatoms. The third-order valence-electron chi connectivity index (χ3n) is 2.53. The van der Waals surface area contributed by atoms with E-state index in [0.717, 1.165) is 38.5 Å². The van der Waals surface area contributed by atoms with E-state index in [4.69, 9.17) is 4.74 Å². The summed E-state index contributed by atoms with van der Waals surface area (Å²) >= 11 is 0. The van der Waals surface area contributed by atoms with E-state index in [2.05, 4.69) is 20.2 Å². The minimum absolute atomic E-state index is 0.637. The molecule has 0 unspecified atom stereocenters. The Kier molecular flexibility index (Phi) is 3.93. The lowest BCUT2D eigenvalue weighted by atomic mass is 10.4. The summed E-state index contributed by atoms with van der Waals surface area (Å²) in [4.78, 5) is 10.9. The normalized spacial score (nSPS) is 16.9. The minimum Gasteiger partial charge on any atom is -0.478 e. The molecule has 5 nitrogen and oxygen atoms in total. The number of hydrogen-bond donors (Lipinski definition) is 1. The third-order valence-corrected chi connectivity index (χ3v) is 2.53. The fourth-order valence-corrected chi connectivity index (χ4v) is 1.76. The average Bonchev–Trinajstić information content (AvgIpc) is 2.58. The highest BCUT2D eigenvalue weighted by Gasteiger charge is 2.12. The van der Waals surface area contributed by atoms with Gasteiger partial charge in [-0.2, -0.15) is 4.98 Å². The monoisotopic (exact) mass is 222 g/mol. The van der Waals surface area contributed by atoms with Gasteiger partial charge in [0.25, 0.3) is 0 Å². The zero-order valence-corrected chi connectivity index (χ0v) is 9.65. The van der Waals surface area contributed by atoms with Gasteiger partial charge < -0.3 is 15.0 Å². The van der Waals surface area contributed by atoms with Crippen molar-refractivity contribution in [2.24, 2.45) is 0 Å². The molecule has 1 aliphatic heterocycles. The van der Waals surface area contributed by atoms with Crippen LogP contribution in [0, 0.1) is 0 Å². The maximum absolute atomic E-state index is 5.38. The first-order chi connectivity index (χ1) is 7.90. The van der Waals surface area contributed by atoms with Crippen molar-refractivity contribution in [2.45, 2.75) is 13.3 Å². The number of aromatic nitrogens is 2. The number of nitrogens with zero attached hydrogens (tertiary/aromatic N) is 3. The van der Waals surface area contributed by atoms with E-state index in [1.54, 1.807) is 12.3 Å². The van der Waals surface area contributed by atoms with Crippen LogP contribution in [-0.2, 0) is 0 Å². The number of ether oxygens (including phenoxy) is 1. The van der Waals surface area contributed by atoms with Crippen LogP contribution < -0.4 is 15.0 Å². The summed E-state index contributed by atoms with van der Waals surface area (Å²) in [5, 5.41) is 3.36. The van der Waals surface area contributed by atoms with E-state index < -0.39 is 0 Å². The van der Waals surface area contributed by atoms with Crippen molar-refractivity contribution in [3.63, 3.8) is 0 Å². The molecule has 2 rings (SSSR count). The van der Waals surface area contributed by atoms with Crippen LogP contribution in [0.5, 0.6) is 5.88 Å². The molecule has 88 valence electrons. The van der Waals surface area contributed by atoms with Gasteiger partial charge in [-0.25, -0.2) is 4.98 Å². The highest BCUT2D eigenvalue weighted by Crippen LogP contribution is 2.13. The summed E-state index contributed by atoms with van der Waals surface area (Å²) in [5.41, 5.74) is 0. The fourth-order valence-electron chi connectivity index (χ4n) is 1.76. The summed E-state index contributed by atoms with van der Waals surface area (Å²) in [5.74, 6) is 1.43. The van der Waals surface area contributed by atoms with Crippen LogP contribution in [0.1, 0.15) is 13.3 Å². The first-order valence-corrected chi connectivity index (χ1v) is 5.81. The molecule has 0 saturated carbocycles. The zero-order valence-electron chi connectivity index (χ0n) is 9.65. The quantitative estimate of drug-likeness (QED) is 0.815. The molecule has 1 aromatic heterocycles. The smallest absolute Gasteiger partial charge is 0.228 e. The lowest BCUT2D eigenvalue weighted by Crippen LogP contribution is -2.29. The minimum atomic E-state index is 0.637. The van der Waals surface area contributed by atoms with Crippen molar-refractivity contribution in [1.82, 2.24) is 15.3 Å². The van der Waals surface area contributed by atoms with Gasteiger partial charge in [-0.05, 0) is 19.9 Å². The molecule has 1 fully saturated rings. The molecule has 0 radical (unpaired) electrons. The molecule has 0 aromatic carbocycles. The second-order valence-corrected chi connectivity index (χ2v) is 3.72. The fraction of sp³-hybridized carbons (Fsp3) is 0.636. The summed E-state index contributed by atoms with van der Waals surface area (Å²) in [6, 6.07) is 1.79. The lowest BCUT2D eigenvalue weighted by Gasteiger charge is -2.19.